The maximum absolute atomic E-state index is 10.8. The summed E-state index contributed by atoms with van der Waals surface area (Å²) in [6.07, 6.45) is 2.69. The molecule has 1 aromatic rings. The van der Waals surface area contributed by atoms with Gasteiger partial charge in [-0.25, -0.2) is 8.42 Å². The summed E-state index contributed by atoms with van der Waals surface area (Å²) < 4.78 is 21.5. The van der Waals surface area contributed by atoms with Gasteiger partial charge in [0.25, 0.3) is 0 Å². The summed E-state index contributed by atoms with van der Waals surface area (Å²) in [5.41, 5.74) is 0.815. The lowest BCUT2D eigenvalue weighted by Crippen LogP contribution is -1.87. The summed E-state index contributed by atoms with van der Waals surface area (Å²) in [6, 6.07) is 6.93. The maximum atomic E-state index is 10.8. The summed E-state index contributed by atoms with van der Waals surface area (Å²) in [7, 11) is -3.05. The zero-order chi connectivity index (χ0) is 9.90. The Labute approximate surface area is 82.8 Å². The van der Waals surface area contributed by atoms with E-state index in [2.05, 4.69) is 0 Å². The highest BCUT2D eigenvalue weighted by molar-refractivity contribution is 7.93. The van der Waals surface area contributed by atoms with E-state index in [4.69, 9.17) is 11.6 Å². The van der Waals surface area contributed by atoms with Crippen LogP contribution in [0.5, 0.6) is 0 Å². The molecule has 0 saturated heterocycles. The molecule has 0 spiro atoms. The highest BCUT2D eigenvalue weighted by Gasteiger charge is 1.93. The van der Waals surface area contributed by atoms with Crippen LogP contribution in [0, 0.1) is 0 Å². The van der Waals surface area contributed by atoms with E-state index < -0.39 is 9.84 Å². The Kier molecular flexibility index (Phi) is 3.12. The quantitative estimate of drug-likeness (QED) is 0.761. The predicted octanol–water partition coefficient (Wildman–Crippen LogP) is 2.36. The zero-order valence-corrected chi connectivity index (χ0v) is 8.64. The molecule has 0 aliphatic rings. The minimum Gasteiger partial charge on any atom is -0.225 e. The molecule has 0 aliphatic heterocycles. The minimum absolute atomic E-state index is 0.636. The highest BCUT2D eigenvalue weighted by atomic mass is 35.5. The SMILES string of the molecule is CS(=O)(=O)/C=C/c1ccc(Cl)cc1. The van der Waals surface area contributed by atoms with Crippen molar-refractivity contribution in [3.63, 3.8) is 0 Å². The fourth-order valence-electron chi connectivity index (χ4n) is 0.776. The average molecular weight is 217 g/mol. The molecule has 0 bridgehead atoms. The van der Waals surface area contributed by atoms with Gasteiger partial charge in [0.05, 0.1) is 0 Å². The third-order valence-corrected chi connectivity index (χ3v) is 2.26. The van der Waals surface area contributed by atoms with Gasteiger partial charge in [-0.1, -0.05) is 23.7 Å². The summed E-state index contributed by atoms with van der Waals surface area (Å²) in [5.74, 6) is 0. The Morgan fingerprint density at radius 1 is 1.23 bits per heavy atom. The lowest BCUT2D eigenvalue weighted by molar-refractivity contribution is 0.610. The number of benzene rings is 1. The Balaban J connectivity index is 2.88. The van der Waals surface area contributed by atoms with Crippen LogP contribution in [0.4, 0.5) is 0 Å². The summed E-state index contributed by atoms with van der Waals surface area (Å²) >= 11 is 5.66. The van der Waals surface area contributed by atoms with Crippen molar-refractivity contribution in [2.45, 2.75) is 0 Å². The molecule has 0 heterocycles. The van der Waals surface area contributed by atoms with Gasteiger partial charge >= 0.3 is 0 Å². The fourth-order valence-corrected chi connectivity index (χ4v) is 1.31. The third-order valence-electron chi connectivity index (χ3n) is 1.38. The van der Waals surface area contributed by atoms with Crippen molar-refractivity contribution in [2.24, 2.45) is 0 Å². The van der Waals surface area contributed by atoms with Crippen LogP contribution in [-0.4, -0.2) is 14.7 Å². The normalized spacial score (nSPS) is 12.2. The summed E-state index contributed by atoms with van der Waals surface area (Å²) in [5, 5.41) is 1.80. The van der Waals surface area contributed by atoms with Crippen molar-refractivity contribution >= 4 is 27.5 Å². The molecule has 0 aromatic heterocycles. The monoisotopic (exact) mass is 216 g/mol. The van der Waals surface area contributed by atoms with Crippen LogP contribution in [0.3, 0.4) is 0 Å². The Morgan fingerprint density at radius 3 is 2.23 bits per heavy atom. The van der Waals surface area contributed by atoms with Crippen LogP contribution in [-0.2, 0) is 9.84 Å². The van der Waals surface area contributed by atoms with Gasteiger partial charge in [-0.15, -0.1) is 0 Å². The van der Waals surface area contributed by atoms with Crippen LogP contribution >= 0.6 is 11.6 Å². The molecule has 0 unspecified atom stereocenters. The standard InChI is InChI=1S/C9H9ClO2S/c1-13(11,12)7-6-8-2-4-9(10)5-3-8/h2-7H,1H3/b7-6+. The zero-order valence-electron chi connectivity index (χ0n) is 7.07. The van der Waals surface area contributed by atoms with E-state index in [9.17, 15) is 8.42 Å². The van der Waals surface area contributed by atoms with Crippen molar-refractivity contribution < 1.29 is 8.42 Å². The van der Waals surface area contributed by atoms with Crippen LogP contribution in [0.25, 0.3) is 6.08 Å². The lowest BCUT2D eigenvalue weighted by Gasteiger charge is -1.92. The van der Waals surface area contributed by atoms with E-state index in [0.717, 1.165) is 17.2 Å². The van der Waals surface area contributed by atoms with Gasteiger partial charge < -0.3 is 0 Å². The van der Waals surface area contributed by atoms with Crippen molar-refractivity contribution in [1.29, 1.82) is 0 Å². The smallest absolute Gasteiger partial charge is 0.168 e. The second-order valence-electron chi connectivity index (χ2n) is 2.68. The molecule has 13 heavy (non-hydrogen) atoms. The largest absolute Gasteiger partial charge is 0.225 e. The van der Waals surface area contributed by atoms with E-state index in [1.54, 1.807) is 24.3 Å². The molecule has 0 atom stereocenters. The van der Waals surface area contributed by atoms with E-state index in [0.29, 0.717) is 5.02 Å². The van der Waals surface area contributed by atoms with Crippen LogP contribution in [0.2, 0.25) is 5.02 Å². The molecule has 0 radical (unpaired) electrons. The van der Waals surface area contributed by atoms with Crippen molar-refractivity contribution in [1.82, 2.24) is 0 Å². The van der Waals surface area contributed by atoms with E-state index in [-0.39, 0.29) is 0 Å². The van der Waals surface area contributed by atoms with Gasteiger partial charge in [-0.2, -0.15) is 0 Å². The maximum Gasteiger partial charge on any atom is 0.168 e. The molecule has 0 amide bonds. The number of hydrogen-bond acceptors (Lipinski definition) is 2. The van der Waals surface area contributed by atoms with E-state index in [1.165, 1.54) is 6.08 Å². The first-order chi connectivity index (χ1) is 5.97. The second-order valence-corrected chi connectivity index (χ2v) is 5.05. The molecule has 0 fully saturated rings. The molecule has 70 valence electrons. The van der Waals surface area contributed by atoms with Gasteiger partial charge in [0.2, 0.25) is 0 Å². The van der Waals surface area contributed by atoms with Gasteiger partial charge in [0, 0.05) is 16.7 Å². The Bertz CT molecular complexity index is 404. The van der Waals surface area contributed by atoms with Gasteiger partial charge in [-0.3, -0.25) is 0 Å². The van der Waals surface area contributed by atoms with Crippen molar-refractivity contribution in [2.75, 3.05) is 6.26 Å². The summed E-state index contributed by atoms with van der Waals surface area (Å²) in [6.45, 7) is 0. The molecular weight excluding hydrogens is 208 g/mol. The van der Waals surface area contributed by atoms with E-state index >= 15 is 0 Å². The highest BCUT2D eigenvalue weighted by Crippen LogP contribution is 2.10. The molecule has 2 nitrogen and oxygen atoms in total. The minimum atomic E-state index is -3.05. The molecule has 0 aliphatic carbocycles. The molecule has 1 rings (SSSR count). The van der Waals surface area contributed by atoms with Gasteiger partial charge in [0.15, 0.2) is 9.84 Å². The van der Waals surface area contributed by atoms with E-state index in [1.807, 2.05) is 0 Å². The topological polar surface area (TPSA) is 34.1 Å². The second kappa shape index (κ2) is 3.94. The van der Waals surface area contributed by atoms with Crippen molar-refractivity contribution in [3.8, 4) is 0 Å². The first kappa shape index (κ1) is 10.3. The van der Waals surface area contributed by atoms with Crippen molar-refractivity contribution in [3.05, 3.63) is 40.3 Å². The Hall–Kier alpha value is -0.800. The van der Waals surface area contributed by atoms with Crippen LogP contribution in [0.1, 0.15) is 5.56 Å². The number of halogens is 1. The first-order valence-corrected chi connectivity index (χ1v) is 5.94. The fraction of sp³-hybridized carbons (Fsp3) is 0.111. The molecule has 1 aromatic carbocycles. The van der Waals surface area contributed by atoms with Crippen LogP contribution < -0.4 is 0 Å². The number of sulfone groups is 1. The molecule has 4 heteroatoms. The number of rotatable bonds is 2. The predicted molar refractivity (Wildman–Crippen MR) is 55.3 cm³/mol. The summed E-state index contributed by atoms with van der Waals surface area (Å²) in [4.78, 5) is 0. The molecular formula is C9H9ClO2S. The van der Waals surface area contributed by atoms with Crippen LogP contribution in [0.15, 0.2) is 29.7 Å². The van der Waals surface area contributed by atoms with Gasteiger partial charge in [-0.05, 0) is 23.8 Å². The number of hydrogen-bond donors (Lipinski definition) is 0. The molecule has 0 saturated carbocycles. The average Bonchev–Trinajstić information content (AvgIpc) is 2.02. The molecule has 0 N–H and O–H groups in total. The van der Waals surface area contributed by atoms with Gasteiger partial charge in [0.1, 0.15) is 0 Å². The first-order valence-electron chi connectivity index (χ1n) is 3.61. The Morgan fingerprint density at radius 2 is 1.77 bits per heavy atom. The lowest BCUT2D eigenvalue weighted by atomic mass is 10.2. The third kappa shape index (κ3) is 4.10.